The van der Waals surface area contributed by atoms with Crippen LogP contribution in [0.2, 0.25) is 0 Å². The lowest BCUT2D eigenvalue weighted by molar-refractivity contribution is -0.137. The van der Waals surface area contributed by atoms with Crippen molar-refractivity contribution in [2.24, 2.45) is 5.73 Å². The van der Waals surface area contributed by atoms with Crippen molar-refractivity contribution in [1.82, 2.24) is 10.3 Å². The Balaban J connectivity index is 2.46. The molecule has 1 rings (SSSR count). The number of aromatic nitrogens is 1. The number of hydrogen-bond donors (Lipinski definition) is 2. The summed E-state index contributed by atoms with van der Waals surface area (Å²) in [6, 6.07) is 1.90. The molecule has 1 aromatic heterocycles. The van der Waals surface area contributed by atoms with Crippen LogP contribution < -0.4 is 11.1 Å². The topological polar surface area (TPSA) is 68.0 Å². The molecular weight excluding hydrogens is 303 g/mol. The Morgan fingerprint density at radius 1 is 1.48 bits per heavy atom. The van der Waals surface area contributed by atoms with Crippen LogP contribution in [-0.2, 0) is 11.0 Å². The van der Waals surface area contributed by atoms with Gasteiger partial charge in [0.15, 0.2) is 0 Å². The summed E-state index contributed by atoms with van der Waals surface area (Å²) in [4.78, 5) is 15.0. The first-order valence-electron chi connectivity index (χ1n) is 6.53. The van der Waals surface area contributed by atoms with Crippen LogP contribution in [0.1, 0.15) is 25.3 Å². The molecule has 118 valence electrons. The number of nitrogens with two attached hydrogens (primary N) is 1. The third-order valence-electron chi connectivity index (χ3n) is 2.70. The maximum absolute atomic E-state index is 12.4. The number of nitrogens with one attached hydrogen (secondary N) is 1. The molecule has 3 N–H and O–H groups in total. The van der Waals surface area contributed by atoms with E-state index >= 15 is 0 Å². The van der Waals surface area contributed by atoms with Gasteiger partial charge in [-0.15, -0.1) is 11.8 Å². The van der Waals surface area contributed by atoms with Gasteiger partial charge in [-0.1, -0.05) is 6.92 Å². The largest absolute Gasteiger partial charge is 0.417 e. The van der Waals surface area contributed by atoms with Gasteiger partial charge in [0.05, 0.1) is 16.6 Å². The molecule has 1 aromatic rings. The maximum Gasteiger partial charge on any atom is 0.417 e. The fourth-order valence-corrected chi connectivity index (χ4v) is 2.43. The van der Waals surface area contributed by atoms with Gasteiger partial charge in [0.1, 0.15) is 0 Å². The molecule has 0 spiro atoms. The minimum Gasteiger partial charge on any atom is -0.368 e. The molecule has 1 heterocycles. The number of hydrogen-bond acceptors (Lipinski definition) is 4. The number of primary amides is 1. The monoisotopic (exact) mass is 321 g/mol. The van der Waals surface area contributed by atoms with Crippen molar-refractivity contribution < 1.29 is 18.0 Å². The summed E-state index contributed by atoms with van der Waals surface area (Å²) in [5, 5.41) is 3.51. The Labute approximate surface area is 125 Å². The van der Waals surface area contributed by atoms with Gasteiger partial charge in [0, 0.05) is 11.9 Å². The number of carbonyl (C=O) groups is 1. The van der Waals surface area contributed by atoms with E-state index in [1.807, 2.05) is 6.92 Å². The summed E-state index contributed by atoms with van der Waals surface area (Å²) < 4.78 is 37.1. The van der Waals surface area contributed by atoms with Crippen LogP contribution >= 0.6 is 11.8 Å². The minimum absolute atomic E-state index is 0.424. The van der Waals surface area contributed by atoms with Gasteiger partial charge in [-0.2, -0.15) is 13.2 Å². The van der Waals surface area contributed by atoms with E-state index in [2.05, 4.69) is 10.3 Å². The van der Waals surface area contributed by atoms with Crippen LogP contribution in [0.3, 0.4) is 0 Å². The number of carbonyl (C=O) groups excluding carboxylic acids is 1. The van der Waals surface area contributed by atoms with E-state index in [0.717, 1.165) is 18.7 Å². The molecule has 1 atom stereocenters. The fourth-order valence-electron chi connectivity index (χ4n) is 1.58. The number of alkyl halides is 3. The molecule has 0 bridgehead atoms. The van der Waals surface area contributed by atoms with E-state index in [0.29, 0.717) is 23.7 Å². The van der Waals surface area contributed by atoms with Crippen molar-refractivity contribution >= 4 is 17.7 Å². The molecule has 8 heteroatoms. The number of amides is 1. The second-order valence-electron chi connectivity index (χ2n) is 4.43. The van der Waals surface area contributed by atoms with E-state index in [-0.39, 0.29) is 0 Å². The second kappa shape index (κ2) is 8.23. The zero-order valence-corrected chi connectivity index (χ0v) is 12.4. The molecule has 0 saturated heterocycles. The molecule has 1 amide bonds. The lowest BCUT2D eigenvalue weighted by Gasteiger charge is -2.14. The normalized spacial score (nSPS) is 13.1. The second-order valence-corrected chi connectivity index (χ2v) is 5.54. The van der Waals surface area contributed by atoms with Crippen LogP contribution in [0.5, 0.6) is 0 Å². The first kappa shape index (κ1) is 17.8. The number of nitrogens with zero attached hydrogens (tertiary/aromatic N) is 1. The quantitative estimate of drug-likeness (QED) is 0.722. The highest BCUT2D eigenvalue weighted by molar-refractivity contribution is 7.99. The van der Waals surface area contributed by atoms with Crippen molar-refractivity contribution in [3.8, 4) is 0 Å². The Bertz CT molecular complexity index is 451. The minimum atomic E-state index is -4.38. The smallest absolute Gasteiger partial charge is 0.368 e. The molecule has 0 fully saturated rings. The van der Waals surface area contributed by atoms with E-state index in [4.69, 9.17) is 5.73 Å². The molecule has 0 aliphatic rings. The van der Waals surface area contributed by atoms with Crippen molar-refractivity contribution in [1.29, 1.82) is 0 Å². The molecule has 1 unspecified atom stereocenters. The maximum atomic E-state index is 12.4. The lowest BCUT2D eigenvalue weighted by atomic mass is 10.2. The Morgan fingerprint density at radius 2 is 2.19 bits per heavy atom. The molecule has 0 saturated carbocycles. The number of thioether (sulfide) groups is 1. The molecule has 21 heavy (non-hydrogen) atoms. The van der Waals surface area contributed by atoms with E-state index < -0.39 is 23.7 Å². The summed E-state index contributed by atoms with van der Waals surface area (Å²) in [6.45, 7) is 2.67. The van der Waals surface area contributed by atoms with Crippen molar-refractivity contribution in [2.75, 3.05) is 12.3 Å². The van der Waals surface area contributed by atoms with Gasteiger partial charge in [0.2, 0.25) is 5.91 Å². The molecule has 0 aliphatic carbocycles. The Hall–Kier alpha value is -1.28. The number of rotatable bonds is 8. The summed E-state index contributed by atoms with van der Waals surface area (Å²) in [5.74, 6) is 0.118. The molecular formula is C13H18F3N3OS. The lowest BCUT2D eigenvalue weighted by Crippen LogP contribution is -2.41. The van der Waals surface area contributed by atoms with Crippen LogP contribution in [0, 0.1) is 0 Å². The van der Waals surface area contributed by atoms with E-state index in [9.17, 15) is 18.0 Å². The summed E-state index contributed by atoms with van der Waals surface area (Å²) >= 11 is 1.29. The molecule has 4 nitrogen and oxygen atoms in total. The van der Waals surface area contributed by atoms with Crippen LogP contribution in [0.15, 0.2) is 23.4 Å². The first-order valence-corrected chi connectivity index (χ1v) is 7.52. The van der Waals surface area contributed by atoms with Gasteiger partial charge >= 0.3 is 6.18 Å². The van der Waals surface area contributed by atoms with Gasteiger partial charge in [-0.25, -0.2) is 4.98 Å². The summed E-state index contributed by atoms with van der Waals surface area (Å²) in [5.41, 5.74) is 4.50. The average molecular weight is 321 g/mol. The summed E-state index contributed by atoms with van der Waals surface area (Å²) in [6.07, 6.45) is -2.18. The Kier molecular flexibility index (Phi) is 6.97. The van der Waals surface area contributed by atoms with Gasteiger partial charge in [-0.05, 0) is 31.5 Å². The zero-order valence-electron chi connectivity index (χ0n) is 11.6. The molecule has 0 aliphatic heterocycles. The highest BCUT2D eigenvalue weighted by atomic mass is 32.2. The average Bonchev–Trinajstić information content (AvgIpc) is 2.41. The van der Waals surface area contributed by atoms with Crippen molar-refractivity contribution in [2.45, 2.75) is 37.0 Å². The van der Waals surface area contributed by atoms with E-state index in [1.165, 1.54) is 17.8 Å². The van der Waals surface area contributed by atoms with Crippen LogP contribution in [-0.4, -0.2) is 29.2 Å². The predicted octanol–water partition coefficient (Wildman–Crippen LogP) is 2.44. The van der Waals surface area contributed by atoms with E-state index in [1.54, 1.807) is 0 Å². The fraction of sp³-hybridized carbons (Fsp3) is 0.538. The molecule has 0 radical (unpaired) electrons. The highest BCUT2D eigenvalue weighted by Gasteiger charge is 2.30. The third-order valence-corrected chi connectivity index (χ3v) is 3.68. The SMILES string of the molecule is CCCNC(CCSc1ccc(C(F)(F)F)cn1)C(N)=O. The predicted molar refractivity (Wildman–Crippen MR) is 75.9 cm³/mol. The Morgan fingerprint density at radius 3 is 2.67 bits per heavy atom. The van der Waals surface area contributed by atoms with Gasteiger partial charge in [0.25, 0.3) is 0 Å². The first-order chi connectivity index (χ1) is 9.84. The standard InChI is InChI=1S/C13H18F3N3OS/c1-2-6-18-10(12(17)20)5-7-21-11-4-3-9(8-19-11)13(14,15)16/h3-4,8,10,18H,2,5-7H2,1H3,(H2,17,20). The summed E-state index contributed by atoms with van der Waals surface area (Å²) in [7, 11) is 0. The van der Waals surface area contributed by atoms with Crippen LogP contribution in [0.4, 0.5) is 13.2 Å². The molecule has 0 aromatic carbocycles. The third kappa shape index (κ3) is 6.34. The number of halogens is 3. The number of pyridine rings is 1. The van der Waals surface area contributed by atoms with Crippen LogP contribution in [0.25, 0.3) is 0 Å². The zero-order chi connectivity index (χ0) is 15.9. The van der Waals surface area contributed by atoms with Gasteiger partial charge < -0.3 is 11.1 Å². The van der Waals surface area contributed by atoms with Crippen molar-refractivity contribution in [3.05, 3.63) is 23.9 Å². The van der Waals surface area contributed by atoms with Gasteiger partial charge in [-0.3, -0.25) is 4.79 Å². The van der Waals surface area contributed by atoms with Crippen molar-refractivity contribution in [3.63, 3.8) is 0 Å². The highest BCUT2D eigenvalue weighted by Crippen LogP contribution is 2.29.